The van der Waals surface area contributed by atoms with Gasteiger partial charge in [-0.15, -0.1) is 0 Å². The minimum Gasteiger partial charge on any atom is -0.493 e. The fraction of sp³-hybridized carbons (Fsp3) is 0.647. The summed E-state index contributed by atoms with van der Waals surface area (Å²) < 4.78 is 16.0. The molecule has 1 rings (SSSR count). The maximum atomic E-state index is 5.65. The summed E-state index contributed by atoms with van der Waals surface area (Å²) in [6.45, 7) is 8.75. The van der Waals surface area contributed by atoms with E-state index in [-0.39, 0.29) is 0 Å². The maximum Gasteiger partial charge on any atom is 0.161 e. The molecule has 0 amide bonds. The van der Waals surface area contributed by atoms with Crippen LogP contribution in [0.2, 0.25) is 0 Å². The van der Waals surface area contributed by atoms with E-state index in [1.807, 2.05) is 12.1 Å². The highest BCUT2D eigenvalue weighted by Crippen LogP contribution is 2.30. The molecule has 0 aliphatic carbocycles. The minimum absolute atomic E-state index is 0.297. The largest absolute Gasteiger partial charge is 0.493 e. The Morgan fingerprint density at radius 2 is 1.81 bits per heavy atom. The van der Waals surface area contributed by atoms with Gasteiger partial charge in [-0.1, -0.05) is 19.9 Å². The molecule has 120 valence electrons. The molecule has 0 spiro atoms. The van der Waals surface area contributed by atoms with Gasteiger partial charge in [0.1, 0.15) is 6.61 Å². The zero-order valence-electron chi connectivity index (χ0n) is 13.9. The van der Waals surface area contributed by atoms with Crippen molar-refractivity contribution >= 4 is 0 Å². The summed E-state index contributed by atoms with van der Waals surface area (Å²) in [6, 6.07) is 6.38. The molecule has 1 N–H and O–H groups in total. The van der Waals surface area contributed by atoms with Crippen LogP contribution in [0.1, 0.15) is 38.8 Å². The highest BCUT2D eigenvalue weighted by molar-refractivity contribution is 5.43. The summed E-state index contributed by atoms with van der Waals surface area (Å²) in [4.78, 5) is 0. The Balaban J connectivity index is 2.63. The fourth-order valence-electron chi connectivity index (χ4n) is 2.01. The van der Waals surface area contributed by atoms with Crippen LogP contribution in [0.5, 0.6) is 11.5 Å². The van der Waals surface area contributed by atoms with Crippen LogP contribution >= 0.6 is 0 Å². The van der Waals surface area contributed by atoms with Gasteiger partial charge in [-0.2, -0.15) is 0 Å². The van der Waals surface area contributed by atoms with Crippen LogP contribution in [0.4, 0.5) is 0 Å². The van der Waals surface area contributed by atoms with E-state index in [9.17, 15) is 0 Å². The molecule has 0 fully saturated rings. The Hall–Kier alpha value is -1.26. The first-order valence-corrected chi connectivity index (χ1v) is 7.61. The van der Waals surface area contributed by atoms with E-state index in [4.69, 9.17) is 14.2 Å². The van der Waals surface area contributed by atoms with Crippen molar-refractivity contribution in [3.8, 4) is 11.5 Å². The molecule has 0 aromatic heterocycles. The summed E-state index contributed by atoms with van der Waals surface area (Å²) in [7, 11) is 3.33. The monoisotopic (exact) mass is 295 g/mol. The minimum atomic E-state index is 0.297. The molecule has 1 aromatic rings. The van der Waals surface area contributed by atoms with E-state index in [0.717, 1.165) is 24.0 Å². The zero-order chi connectivity index (χ0) is 15.7. The highest BCUT2D eigenvalue weighted by atomic mass is 16.5. The Kier molecular flexibility index (Phi) is 8.16. The van der Waals surface area contributed by atoms with E-state index in [1.165, 1.54) is 12.0 Å². The second-order valence-electron chi connectivity index (χ2n) is 5.61. The van der Waals surface area contributed by atoms with Crippen molar-refractivity contribution in [2.45, 2.75) is 33.2 Å². The fourth-order valence-corrected chi connectivity index (χ4v) is 2.01. The number of rotatable bonds is 10. The van der Waals surface area contributed by atoms with Crippen LogP contribution in [-0.4, -0.2) is 34.0 Å². The molecular weight excluding hydrogens is 266 g/mol. The Morgan fingerprint density at radius 3 is 2.43 bits per heavy atom. The van der Waals surface area contributed by atoms with Crippen molar-refractivity contribution in [1.82, 2.24) is 5.32 Å². The van der Waals surface area contributed by atoms with Crippen LogP contribution < -0.4 is 14.8 Å². The first kappa shape index (κ1) is 17.8. The third-order valence-electron chi connectivity index (χ3n) is 3.40. The van der Waals surface area contributed by atoms with Gasteiger partial charge in [0.15, 0.2) is 11.5 Å². The van der Waals surface area contributed by atoms with E-state index < -0.39 is 0 Å². The van der Waals surface area contributed by atoms with Crippen molar-refractivity contribution in [2.75, 3.05) is 34.0 Å². The Morgan fingerprint density at radius 1 is 1.05 bits per heavy atom. The second-order valence-corrected chi connectivity index (χ2v) is 5.61. The molecule has 1 aromatic carbocycles. The van der Waals surface area contributed by atoms with Gasteiger partial charge in [0.25, 0.3) is 0 Å². The third kappa shape index (κ3) is 6.36. The van der Waals surface area contributed by atoms with Crippen molar-refractivity contribution in [2.24, 2.45) is 5.92 Å². The van der Waals surface area contributed by atoms with Crippen molar-refractivity contribution < 1.29 is 14.2 Å². The Bertz CT molecular complexity index is 407. The summed E-state index contributed by atoms with van der Waals surface area (Å²) in [6.07, 6.45) is 1.18. The zero-order valence-corrected chi connectivity index (χ0v) is 13.9. The molecule has 4 nitrogen and oxygen atoms in total. The van der Waals surface area contributed by atoms with E-state index in [1.54, 1.807) is 14.2 Å². The van der Waals surface area contributed by atoms with Gasteiger partial charge in [-0.25, -0.2) is 0 Å². The lowest BCUT2D eigenvalue weighted by Crippen LogP contribution is -2.21. The Labute approximate surface area is 128 Å². The first-order chi connectivity index (χ1) is 10.1. The first-order valence-electron chi connectivity index (χ1n) is 7.61. The number of benzene rings is 1. The van der Waals surface area contributed by atoms with Gasteiger partial charge < -0.3 is 19.5 Å². The highest BCUT2D eigenvalue weighted by Gasteiger charge is 2.10. The number of hydrogen-bond donors (Lipinski definition) is 1. The van der Waals surface area contributed by atoms with Crippen molar-refractivity contribution in [1.29, 1.82) is 0 Å². The van der Waals surface area contributed by atoms with Gasteiger partial charge in [-0.3, -0.25) is 0 Å². The SMILES string of the molecule is COCCOc1ccc(C(C)NCCC(C)C)cc1OC. The van der Waals surface area contributed by atoms with Crippen LogP contribution in [0, 0.1) is 5.92 Å². The molecular formula is C17H29NO3. The summed E-state index contributed by atoms with van der Waals surface area (Å²) >= 11 is 0. The van der Waals surface area contributed by atoms with Gasteiger partial charge >= 0.3 is 0 Å². The molecule has 0 radical (unpaired) electrons. The van der Waals surface area contributed by atoms with Gasteiger partial charge in [-0.05, 0) is 43.5 Å². The average molecular weight is 295 g/mol. The molecule has 1 atom stereocenters. The van der Waals surface area contributed by atoms with Crippen molar-refractivity contribution in [3.63, 3.8) is 0 Å². The molecule has 0 aliphatic rings. The maximum absolute atomic E-state index is 5.65. The van der Waals surface area contributed by atoms with Crippen LogP contribution in [0.3, 0.4) is 0 Å². The van der Waals surface area contributed by atoms with Gasteiger partial charge in [0, 0.05) is 13.2 Å². The summed E-state index contributed by atoms with van der Waals surface area (Å²) in [5, 5.41) is 3.54. The molecule has 1 unspecified atom stereocenters. The topological polar surface area (TPSA) is 39.7 Å². The van der Waals surface area contributed by atoms with E-state index in [2.05, 4.69) is 32.2 Å². The van der Waals surface area contributed by atoms with E-state index in [0.29, 0.717) is 19.3 Å². The standard InChI is InChI=1S/C17H29NO3/c1-13(2)8-9-18-14(3)15-6-7-16(17(12-15)20-5)21-11-10-19-4/h6-7,12-14,18H,8-11H2,1-5H3. The summed E-state index contributed by atoms with van der Waals surface area (Å²) in [5.41, 5.74) is 1.20. The number of hydrogen-bond acceptors (Lipinski definition) is 4. The average Bonchev–Trinajstić information content (AvgIpc) is 2.47. The number of nitrogens with one attached hydrogen (secondary N) is 1. The molecule has 0 saturated heterocycles. The molecule has 0 heterocycles. The number of ether oxygens (including phenoxy) is 3. The van der Waals surface area contributed by atoms with Crippen LogP contribution in [-0.2, 0) is 4.74 Å². The molecule has 4 heteroatoms. The summed E-state index contributed by atoms with van der Waals surface area (Å²) in [5.74, 6) is 2.24. The lowest BCUT2D eigenvalue weighted by molar-refractivity contribution is 0.144. The van der Waals surface area contributed by atoms with Crippen LogP contribution in [0.15, 0.2) is 18.2 Å². The molecule has 0 aliphatic heterocycles. The third-order valence-corrected chi connectivity index (χ3v) is 3.40. The molecule has 21 heavy (non-hydrogen) atoms. The molecule has 0 saturated carbocycles. The van der Waals surface area contributed by atoms with E-state index >= 15 is 0 Å². The second kappa shape index (κ2) is 9.64. The number of methoxy groups -OCH3 is 2. The lowest BCUT2D eigenvalue weighted by Gasteiger charge is -2.17. The molecule has 0 bridgehead atoms. The smallest absolute Gasteiger partial charge is 0.161 e. The van der Waals surface area contributed by atoms with Crippen LogP contribution in [0.25, 0.3) is 0 Å². The predicted molar refractivity (Wildman–Crippen MR) is 86.2 cm³/mol. The van der Waals surface area contributed by atoms with Gasteiger partial charge in [0.2, 0.25) is 0 Å². The normalized spacial score (nSPS) is 12.5. The van der Waals surface area contributed by atoms with Crippen molar-refractivity contribution in [3.05, 3.63) is 23.8 Å². The van der Waals surface area contributed by atoms with Gasteiger partial charge in [0.05, 0.1) is 13.7 Å². The predicted octanol–water partition coefficient (Wildman–Crippen LogP) is 3.42. The lowest BCUT2D eigenvalue weighted by atomic mass is 10.1. The quantitative estimate of drug-likeness (QED) is 0.671.